The second-order valence-corrected chi connectivity index (χ2v) is 6.60. The van der Waals surface area contributed by atoms with Crippen molar-refractivity contribution in [3.63, 3.8) is 0 Å². The average molecular weight is 288 g/mol. The number of carbonyl (C=O) groups excluding carboxylic acids is 2. The van der Waals surface area contributed by atoms with E-state index in [1.165, 1.54) is 12.8 Å². The summed E-state index contributed by atoms with van der Waals surface area (Å²) < 4.78 is 1.59. The second kappa shape index (κ2) is 4.58. The molecule has 0 unspecified atom stereocenters. The number of hydrogen-bond donors (Lipinski definition) is 0. The molecular formula is C15H20N4O2. The van der Waals surface area contributed by atoms with E-state index in [1.54, 1.807) is 24.0 Å². The average Bonchev–Trinajstić information content (AvgIpc) is 2.90. The molecule has 0 spiro atoms. The second-order valence-electron chi connectivity index (χ2n) is 6.60. The van der Waals surface area contributed by atoms with Crippen LogP contribution in [0.2, 0.25) is 0 Å². The molecule has 6 nitrogen and oxygen atoms in total. The van der Waals surface area contributed by atoms with Crippen molar-refractivity contribution in [1.82, 2.24) is 19.6 Å². The number of likely N-dealkylation sites (tertiary alicyclic amines) is 2. The summed E-state index contributed by atoms with van der Waals surface area (Å²) >= 11 is 0. The van der Waals surface area contributed by atoms with E-state index in [9.17, 15) is 9.59 Å². The third-order valence-corrected chi connectivity index (χ3v) is 5.03. The molecule has 6 heteroatoms. The van der Waals surface area contributed by atoms with Gasteiger partial charge in [0.15, 0.2) is 0 Å². The molecular weight excluding hydrogens is 268 g/mol. The van der Waals surface area contributed by atoms with Gasteiger partial charge in [-0.05, 0) is 24.8 Å². The summed E-state index contributed by atoms with van der Waals surface area (Å²) in [5, 5.41) is 4.04. The number of fused-ring (bicyclic) bond motifs is 1. The van der Waals surface area contributed by atoms with Crippen LogP contribution in [-0.2, 0) is 11.8 Å². The van der Waals surface area contributed by atoms with Gasteiger partial charge in [-0.3, -0.25) is 14.3 Å². The predicted molar refractivity (Wildman–Crippen MR) is 75.4 cm³/mol. The first-order chi connectivity index (χ1) is 10.1. The van der Waals surface area contributed by atoms with Gasteiger partial charge in [-0.25, -0.2) is 0 Å². The van der Waals surface area contributed by atoms with Crippen LogP contribution >= 0.6 is 0 Å². The summed E-state index contributed by atoms with van der Waals surface area (Å²) in [7, 11) is 1.77. The lowest BCUT2D eigenvalue weighted by molar-refractivity contribution is -0.131. The van der Waals surface area contributed by atoms with Gasteiger partial charge in [-0.1, -0.05) is 0 Å². The topological polar surface area (TPSA) is 58.4 Å². The van der Waals surface area contributed by atoms with Gasteiger partial charge in [0, 0.05) is 45.3 Å². The molecule has 21 heavy (non-hydrogen) atoms. The maximum atomic E-state index is 12.5. The van der Waals surface area contributed by atoms with Crippen molar-refractivity contribution in [1.29, 1.82) is 0 Å². The summed E-state index contributed by atoms with van der Waals surface area (Å²) in [4.78, 5) is 28.8. The first-order valence-electron chi connectivity index (χ1n) is 7.69. The van der Waals surface area contributed by atoms with Crippen LogP contribution in [0.4, 0.5) is 0 Å². The van der Waals surface area contributed by atoms with Crippen molar-refractivity contribution in [2.75, 3.05) is 26.2 Å². The number of aryl methyl sites for hydroxylation is 1. The quantitative estimate of drug-likeness (QED) is 0.807. The molecule has 0 radical (unpaired) electrons. The van der Waals surface area contributed by atoms with Crippen molar-refractivity contribution in [2.24, 2.45) is 24.8 Å². The van der Waals surface area contributed by atoms with E-state index >= 15 is 0 Å². The minimum Gasteiger partial charge on any atom is -0.342 e. The van der Waals surface area contributed by atoms with Gasteiger partial charge < -0.3 is 9.80 Å². The molecule has 2 aliphatic heterocycles. The normalized spacial score (nSPS) is 28.3. The standard InChI is InChI=1S/C15H20N4O2/c1-17-13(4-5-16-17)15(21)19-8-11-7-18(6-10-2-3-10)14(20)12(11)9-19/h4-5,10-12H,2-3,6-9H2,1H3/t11-,12+/m1/s1. The minimum atomic E-state index is -0.00839. The van der Waals surface area contributed by atoms with Crippen molar-refractivity contribution in [3.8, 4) is 0 Å². The van der Waals surface area contributed by atoms with Gasteiger partial charge in [0.25, 0.3) is 5.91 Å². The zero-order chi connectivity index (χ0) is 14.6. The summed E-state index contributed by atoms with van der Waals surface area (Å²) in [6.45, 7) is 3.02. The third kappa shape index (κ3) is 2.13. The number of rotatable bonds is 3. The molecule has 1 aromatic rings. The molecule has 3 heterocycles. The maximum absolute atomic E-state index is 12.5. The van der Waals surface area contributed by atoms with Crippen molar-refractivity contribution in [3.05, 3.63) is 18.0 Å². The molecule has 2 amide bonds. The molecule has 3 aliphatic rings. The molecule has 0 bridgehead atoms. The van der Waals surface area contributed by atoms with E-state index in [4.69, 9.17) is 0 Å². The number of amides is 2. The highest BCUT2D eigenvalue weighted by Crippen LogP contribution is 2.36. The van der Waals surface area contributed by atoms with Crippen molar-refractivity contribution in [2.45, 2.75) is 12.8 Å². The Kier molecular flexibility index (Phi) is 2.80. The number of carbonyl (C=O) groups is 2. The highest BCUT2D eigenvalue weighted by Gasteiger charge is 2.48. The molecule has 0 aromatic carbocycles. The van der Waals surface area contributed by atoms with Gasteiger partial charge >= 0.3 is 0 Å². The van der Waals surface area contributed by atoms with Gasteiger partial charge in [0.1, 0.15) is 5.69 Å². The Morgan fingerprint density at radius 3 is 2.76 bits per heavy atom. The van der Waals surface area contributed by atoms with Crippen LogP contribution in [0.3, 0.4) is 0 Å². The molecule has 2 atom stereocenters. The molecule has 1 aliphatic carbocycles. The van der Waals surface area contributed by atoms with Crippen LogP contribution in [0.5, 0.6) is 0 Å². The lowest BCUT2D eigenvalue weighted by Gasteiger charge is -2.21. The van der Waals surface area contributed by atoms with Crippen LogP contribution in [-0.4, -0.2) is 57.6 Å². The number of nitrogens with zero attached hydrogens (tertiary/aromatic N) is 4. The SMILES string of the molecule is Cn1nccc1C(=O)N1C[C@H]2CN(CC3CC3)C(=O)[C@H]2C1. The van der Waals surface area contributed by atoms with E-state index in [1.807, 2.05) is 9.80 Å². The smallest absolute Gasteiger partial charge is 0.272 e. The lowest BCUT2D eigenvalue weighted by Crippen LogP contribution is -2.37. The van der Waals surface area contributed by atoms with Crippen LogP contribution < -0.4 is 0 Å². The summed E-state index contributed by atoms with van der Waals surface area (Å²) in [6, 6.07) is 1.73. The van der Waals surface area contributed by atoms with E-state index in [0.717, 1.165) is 19.0 Å². The van der Waals surface area contributed by atoms with Gasteiger partial charge in [0.2, 0.25) is 5.91 Å². The minimum absolute atomic E-state index is 0.00839. The zero-order valence-electron chi connectivity index (χ0n) is 12.2. The monoisotopic (exact) mass is 288 g/mol. The molecule has 1 aromatic heterocycles. The maximum Gasteiger partial charge on any atom is 0.272 e. The number of aromatic nitrogens is 2. The number of hydrogen-bond acceptors (Lipinski definition) is 3. The molecule has 0 N–H and O–H groups in total. The van der Waals surface area contributed by atoms with Crippen LogP contribution in [0.25, 0.3) is 0 Å². The fraction of sp³-hybridized carbons (Fsp3) is 0.667. The molecule has 1 saturated carbocycles. The fourth-order valence-corrected chi connectivity index (χ4v) is 3.63. The zero-order valence-corrected chi connectivity index (χ0v) is 12.2. The molecule has 2 saturated heterocycles. The Bertz CT molecular complexity index is 592. The summed E-state index contributed by atoms with van der Waals surface area (Å²) in [5.41, 5.74) is 0.595. The van der Waals surface area contributed by atoms with E-state index < -0.39 is 0 Å². The first kappa shape index (κ1) is 12.9. The Hall–Kier alpha value is -1.85. The van der Waals surface area contributed by atoms with Gasteiger partial charge in [0.05, 0.1) is 5.92 Å². The fourth-order valence-electron chi connectivity index (χ4n) is 3.63. The largest absolute Gasteiger partial charge is 0.342 e. The van der Waals surface area contributed by atoms with Crippen LogP contribution in [0, 0.1) is 17.8 Å². The predicted octanol–water partition coefficient (Wildman–Crippen LogP) is 0.361. The van der Waals surface area contributed by atoms with Crippen LogP contribution in [0.15, 0.2) is 12.3 Å². The van der Waals surface area contributed by atoms with E-state index in [2.05, 4.69) is 5.10 Å². The Morgan fingerprint density at radius 1 is 1.33 bits per heavy atom. The molecule has 3 fully saturated rings. The van der Waals surface area contributed by atoms with Crippen LogP contribution in [0.1, 0.15) is 23.3 Å². The summed E-state index contributed by atoms with van der Waals surface area (Å²) in [5.74, 6) is 1.31. The van der Waals surface area contributed by atoms with Gasteiger partial charge in [-0.2, -0.15) is 5.10 Å². The lowest BCUT2D eigenvalue weighted by atomic mass is 10.0. The highest BCUT2D eigenvalue weighted by molar-refractivity contribution is 5.93. The first-order valence-corrected chi connectivity index (χ1v) is 7.69. The van der Waals surface area contributed by atoms with Crippen molar-refractivity contribution >= 4 is 11.8 Å². The summed E-state index contributed by atoms with van der Waals surface area (Å²) in [6.07, 6.45) is 4.17. The molecule has 112 valence electrons. The van der Waals surface area contributed by atoms with E-state index in [0.29, 0.717) is 24.7 Å². The Morgan fingerprint density at radius 2 is 2.14 bits per heavy atom. The highest BCUT2D eigenvalue weighted by atomic mass is 16.2. The van der Waals surface area contributed by atoms with Gasteiger partial charge in [-0.15, -0.1) is 0 Å². The Balaban J connectivity index is 1.44. The molecule has 4 rings (SSSR count). The van der Waals surface area contributed by atoms with Crippen molar-refractivity contribution < 1.29 is 9.59 Å². The third-order valence-electron chi connectivity index (χ3n) is 5.03. The van der Waals surface area contributed by atoms with E-state index in [-0.39, 0.29) is 17.7 Å². The Labute approximate surface area is 123 Å².